The zero-order chi connectivity index (χ0) is 12.4. The van der Waals surface area contributed by atoms with Gasteiger partial charge in [0, 0.05) is 10.0 Å². The van der Waals surface area contributed by atoms with Gasteiger partial charge in [0.05, 0.1) is 7.11 Å². The Morgan fingerprint density at radius 3 is 2.76 bits per heavy atom. The third-order valence-corrected chi connectivity index (χ3v) is 2.91. The second-order valence-corrected chi connectivity index (χ2v) is 4.68. The van der Waals surface area contributed by atoms with Gasteiger partial charge in [0.15, 0.2) is 5.11 Å². The zero-order valence-corrected chi connectivity index (χ0v) is 11.3. The summed E-state index contributed by atoms with van der Waals surface area (Å²) in [7, 11) is 1.58. The first kappa shape index (κ1) is 12.1. The van der Waals surface area contributed by atoms with Crippen LogP contribution in [0.5, 0.6) is 5.75 Å². The van der Waals surface area contributed by atoms with Crippen LogP contribution < -0.4 is 15.4 Å². The number of carbonyl (C=O) groups is 1. The minimum Gasteiger partial charge on any atom is -0.496 e. The topological polar surface area (TPSA) is 50.4 Å². The molecule has 0 bridgehead atoms. The standard InChI is InChI=1S/C11H9BrN2O2S/c1-16-9-3-2-7(12)4-6(9)5-8-10(15)14-11(17)13-8/h2-5H,1H3,(H2,13,14,15,17)/b8-5+. The van der Waals surface area contributed by atoms with Crippen molar-refractivity contribution in [2.75, 3.05) is 7.11 Å². The van der Waals surface area contributed by atoms with Crippen LogP contribution in [0.4, 0.5) is 0 Å². The Bertz CT molecular complexity index is 528. The van der Waals surface area contributed by atoms with Crippen LogP contribution in [0.2, 0.25) is 0 Å². The van der Waals surface area contributed by atoms with E-state index in [9.17, 15) is 4.79 Å². The van der Waals surface area contributed by atoms with Crippen molar-refractivity contribution in [2.45, 2.75) is 0 Å². The van der Waals surface area contributed by atoms with Gasteiger partial charge in [0.1, 0.15) is 11.4 Å². The first-order valence-corrected chi connectivity index (χ1v) is 5.98. The number of hydrogen-bond donors (Lipinski definition) is 2. The second-order valence-electron chi connectivity index (χ2n) is 3.35. The second kappa shape index (κ2) is 4.85. The molecule has 0 aliphatic carbocycles. The lowest BCUT2D eigenvalue weighted by molar-refractivity contribution is -0.115. The summed E-state index contributed by atoms with van der Waals surface area (Å²) in [4.78, 5) is 11.5. The number of nitrogens with one attached hydrogen (secondary N) is 2. The predicted molar refractivity (Wildman–Crippen MR) is 72.5 cm³/mol. The minimum absolute atomic E-state index is 0.239. The molecule has 6 heteroatoms. The Hall–Kier alpha value is -1.40. The van der Waals surface area contributed by atoms with Gasteiger partial charge in [-0.25, -0.2) is 0 Å². The van der Waals surface area contributed by atoms with Crippen LogP contribution in [0.3, 0.4) is 0 Å². The lowest BCUT2D eigenvalue weighted by atomic mass is 10.1. The molecule has 0 saturated carbocycles. The van der Waals surface area contributed by atoms with E-state index in [1.807, 2.05) is 18.2 Å². The molecule has 0 spiro atoms. The SMILES string of the molecule is COc1ccc(Br)cc1/C=C1/NC(=S)NC1=O. The number of hydrogen-bond acceptors (Lipinski definition) is 3. The molecule has 0 radical (unpaired) electrons. The highest BCUT2D eigenvalue weighted by molar-refractivity contribution is 9.10. The number of halogens is 1. The highest BCUT2D eigenvalue weighted by Crippen LogP contribution is 2.25. The number of carbonyl (C=O) groups excluding carboxylic acids is 1. The molecule has 2 rings (SSSR count). The van der Waals surface area contributed by atoms with Crippen molar-refractivity contribution in [3.05, 3.63) is 33.9 Å². The van der Waals surface area contributed by atoms with Gasteiger partial charge >= 0.3 is 0 Å². The molecule has 17 heavy (non-hydrogen) atoms. The first-order valence-electron chi connectivity index (χ1n) is 4.77. The van der Waals surface area contributed by atoms with Crippen molar-refractivity contribution >= 4 is 45.2 Å². The van der Waals surface area contributed by atoms with E-state index >= 15 is 0 Å². The summed E-state index contributed by atoms with van der Waals surface area (Å²) < 4.78 is 6.12. The Labute approximate surface area is 112 Å². The summed E-state index contributed by atoms with van der Waals surface area (Å²) in [5.74, 6) is 0.449. The summed E-state index contributed by atoms with van der Waals surface area (Å²) in [6, 6.07) is 5.55. The van der Waals surface area contributed by atoms with Gasteiger partial charge in [-0.3, -0.25) is 10.1 Å². The quantitative estimate of drug-likeness (QED) is 0.646. The maximum atomic E-state index is 11.5. The van der Waals surface area contributed by atoms with Crippen molar-refractivity contribution in [2.24, 2.45) is 0 Å². The minimum atomic E-state index is -0.239. The van der Waals surface area contributed by atoms with Gasteiger partial charge in [0.2, 0.25) is 0 Å². The molecular formula is C11H9BrN2O2S. The number of methoxy groups -OCH3 is 1. The van der Waals surface area contributed by atoms with E-state index in [1.54, 1.807) is 13.2 Å². The highest BCUT2D eigenvalue weighted by Gasteiger charge is 2.20. The summed E-state index contributed by atoms with van der Waals surface area (Å²) in [6.45, 7) is 0. The van der Waals surface area contributed by atoms with E-state index in [4.69, 9.17) is 17.0 Å². The largest absolute Gasteiger partial charge is 0.496 e. The Morgan fingerprint density at radius 2 is 2.18 bits per heavy atom. The van der Waals surface area contributed by atoms with Crippen LogP contribution in [0.15, 0.2) is 28.4 Å². The average molecular weight is 313 g/mol. The molecule has 0 unspecified atom stereocenters. The zero-order valence-electron chi connectivity index (χ0n) is 8.91. The third kappa shape index (κ3) is 2.65. The maximum absolute atomic E-state index is 11.5. The van der Waals surface area contributed by atoms with Crippen molar-refractivity contribution in [1.29, 1.82) is 0 Å². The van der Waals surface area contributed by atoms with Crippen LogP contribution in [0.25, 0.3) is 6.08 Å². The van der Waals surface area contributed by atoms with Gasteiger partial charge in [-0.1, -0.05) is 15.9 Å². The molecule has 4 nitrogen and oxygen atoms in total. The van der Waals surface area contributed by atoms with Gasteiger partial charge < -0.3 is 10.1 Å². The Morgan fingerprint density at radius 1 is 1.41 bits per heavy atom. The van der Waals surface area contributed by atoms with Crippen LogP contribution >= 0.6 is 28.1 Å². The normalized spacial score (nSPS) is 16.9. The van der Waals surface area contributed by atoms with E-state index in [-0.39, 0.29) is 5.91 Å². The summed E-state index contributed by atoms with van der Waals surface area (Å²) in [5, 5.41) is 5.60. The van der Waals surface area contributed by atoms with Crippen LogP contribution in [-0.4, -0.2) is 18.1 Å². The molecule has 1 aliphatic rings. The van der Waals surface area contributed by atoms with E-state index in [0.717, 1.165) is 10.0 Å². The van der Waals surface area contributed by atoms with Gasteiger partial charge in [-0.15, -0.1) is 0 Å². The maximum Gasteiger partial charge on any atom is 0.273 e. The van der Waals surface area contributed by atoms with Crippen LogP contribution in [-0.2, 0) is 4.79 Å². The molecule has 1 aliphatic heterocycles. The lowest BCUT2D eigenvalue weighted by Gasteiger charge is -2.05. The Kier molecular flexibility index (Phi) is 3.44. The number of amides is 1. The average Bonchev–Trinajstić information content (AvgIpc) is 2.58. The summed E-state index contributed by atoms with van der Waals surface area (Å²) in [5.41, 5.74) is 1.20. The number of rotatable bonds is 2. The third-order valence-electron chi connectivity index (χ3n) is 2.21. The van der Waals surface area contributed by atoms with Gasteiger partial charge in [0.25, 0.3) is 5.91 Å². The smallest absolute Gasteiger partial charge is 0.273 e. The Balaban J connectivity index is 2.41. The van der Waals surface area contributed by atoms with Crippen LogP contribution in [0, 0.1) is 0 Å². The van der Waals surface area contributed by atoms with Gasteiger partial charge in [-0.2, -0.15) is 0 Å². The lowest BCUT2D eigenvalue weighted by Crippen LogP contribution is -2.21. The molecule has 0 aromatic heterocycles. The fraction of sp³-hybridized carbons (Fsp3) is 0.0909. The highest BCUT2D eigenvalue weighted by atomic mass is 79.9. The molecule has 1 fully saturated rings. The number of thiocarbonyl (C=S) groups is 1. The number of ether oxygens (including phenoxy) is 1. The van der Waals surface area contributed by atoms with Crippen molar-refractivity contribution in [1.82, 2.24) is 10.6 Å². The molecule has 1 aromatic carbocycles. The van der Waals surface area contributed by atoms with E-state index in [0.29, 0.717) is 16.6 Å². The molecular weight excluding hydrogens is 304 g/mol. The fourth-order valence-corrected chi connectivity index (χ4v) is 2.04. The van der Waals surface area contributed by atoms with Crippen molar-refractivity contribution < 1.29 is 9.53 Å². The van der Waals surface area contributed by atoms with E-state index < -0.39 is 0 Å². The van der Waals surface area contributed by atoms with Gasteiger partial charge in [-0.05, 0) is 36.5 Å². The fourth-order valence-electron chi connectivity index (χ4n) is 1.46. The van der Waals surface area contributed by atoms with E-state index in [2.05, 4.69) is 26.6 Å². The molecule has 0 atom stereocenters. The molecule has 1 saturated heterocycles. The summed E-state index contributed by atoms with van der Waals surface area (Å²) in [6.07, 6.45) is 1.69. The molecule has 88 valence electrons. The van der Waals surface area contributed by atoms with Crippen LogP contribution in [0.1, 0.15) is 5.56 Å². The summed E-state index contributed by atoms with van der Waals surface area (Å²) >= 11 is 8.22. The predicted octanol–water partition coefficient (Wildman–Crippen LogP) is 1.80. The van der Waals surface area contributed by atoms with Crippen molar-refractivity contribution in [3.8, 4) is 5.75 Å². The molecule has 2 N–H and O–H groups in total. The number of benzene rings is 1. The van der Waals surface area contributed by atoms with Crippen molar-refractivity contribution in [3.63, 3.8) is 0 Å². The van der Waals surface area contributed by atoms with E-state index in [1.165, 1.54) is 0 Å². The monoisotopic (exact) mass is 312 g/mol. The first-order chi connectivity index (χ1) is 8.10. The molecule has 1 aromatic rings. The molecule has 1 amide bonds. The molecule has 1 heterocycles.